The van der Waals surface area contributed by atoms with Gasteiger partial charge in [0, 0.05) is 11.8 Å². The highest BCUT2D eigenvalue weighted by Crippen LogP contribution is 2.30. The molecule has 1 heteroatoms. The van der Waals surface area contributed by atoms with Crippen LogP contribution >= 0.6 is 0 Å². The molecule has 0 bridgehead atoms. The zero-order valence-electron chi connectivity index (χ0n) is 6.03. The molecule has 0 spiro atoms. The Labute approximate surface area is 55.0 Å². The summed E-state index contributed by atoms with van der Waals surface area (Å²) in [5, 5.41) is 0. The van der Waals surface area contributed by atoms with Crippen LogP contribution in [0.2, 0.25) is 0 Å². The quantitative estimate of drug-likeness (QED) is 0.439. The minimum Gasteiger partial charge on any atom is -0.0552 e. The predicted molar refractivity (Wildman–Crippen MR) is 41.4 cm³/mol. The van der Waals surface area contributed by atoms with Gasteiger partial charge in [0.15, 0.2) is 0 Å². The maximum Gasteiger partial charge on any atom is 0.113 e. The fourth-order valence-corrected chi connectivity index (χ4v) is 3.79. The Hall–Kier alpha value is 0.350. The molecule has 1 atom stereocenters. The van der Waals surface area contributed by atoms with Crippen LogP contribution < -0.4 is 0 Å². The Morgan fingerprint density at radius 2 is 2.00 bits per heavy atom. The number of hydrogen-bond acceptors (Lipinski definition) is 0. The van der Waals surface area contributed by atoms with Gasteiger partial charge in [-0.25, -0.2) is 0 Å². The highest BCUT2D eigenvalue weighted by atomic mass is 32.2. The molecule has 0 aromatic heterocycles. The SMILES string of the molecule is C[S+]1CCC(C)(C)C1. The van der Waals surface area contributed by atoms with E-state index >= 15 is 0 Å². The van der Waals surface area contributed by atoms with Crippen molar-refractivity contribution in [3.63, 3.8) is 0 Å². The first-order chi connectivity index (χ1) is 3.60. The molecule has 1 rings (SSSR count). The normalized spacial score (nSPS) is 35.6. The van der Waals surface area contributed by atoms with Crippen LogP contribution in [0.15, 0.2) is 0 Å². The summed E-state index contributed by atoms with van der Waals surface area (Å²) in [6.07, 6.45) is 3.83. The van der Waals surface area contributed by atoms with Gasteiger partial charge in [-0.15, -0.1) is 0 Å². The lowest BCUT2D eigenvalue weighted by atomic mass is 9.94. The fourth-order valence-electron chi connectivity index (χ4n) is 1.26. The third-order valence-electron chi connectivity index (χ3n) is 1.76. The molecular weight excluding hydrogens is 116 g/mol. The van der Waals surface area contributed by atoms with Crippen molar-refractivity contribution in [2.45, 2.75) is 20.3 Å². The summed E-state index contributed by atoms with van der Waals surface area (Å²) < 4.78 is 0. The third kappa shape index (κ3) is 1.41. The molecule has 1 heterocycles. The van der Waals surface area contributed by atoms with E-state index in [0.29, 0.717) is 5.41 Å². The predicted octanol–water partition coefficient (Wildman–Crippen LogP) is 1.66. The molecule has 0 amide bonds. The van der Waals surface area contributed by atoms with Crippen LogP contribution in [0.5, 0.6) is 0 Å². The molecule has 1 saturated heterocycles. The monoisotopic (exact) mass is 131 g/mol. The maximum atomic E-state index is 2.38. The highest BCUT2D eigenvalue weighted by molar-refractivity contribution is 7.96. The Kier molecular flexibility index (Phi) is 1.57. The van der Waals surface area contributed by atoms with E-state index in [4.69, 9.17) is 0 Å². The van der Waals surface area contributed by atoms with Gasteiger partial charge in [-0.1, -0.05) is 13.8 Å². The first kappa shape index (κ1) is 6.47. The molecule has 0 aliphatic carbocycles. The topological polar surface area (TPSA) is 0 Å². The van der Waals surface area contributed by atoms with Crippen molar-refractivity contribution in [1.29, 1.82) is 0 Å². The lowest BCUT2D eigenvalue weighted by molar-refractivity contribution is 0.428. The van der Waals surface area contributed by atoms with E-state index in [9.17, 15) is 0 Å². The molecule has 0 nitrogen and oxygen atoms in total. The van der Waals surface area contributed by atoms with Crippen molar-refractivity contribution in [3.8, 4) is 0 Å². The van der Waals surface area contributed by atoms with Crippen LogP contribution in [0.1, 0.15) is 20.3 Å². The van der Waals surface area contributed by atoms with E-state index in [-0.39, 0.29) is 0 Å². The fraction of sp³-hybridized carbons (Fsp3) is 1.00. The van der Waals surface area contributed by atoms with Crippen LogP contribution in [-0.4, -0.2) is 17.8 Å². The van der Waals surface area contributed by atoms with E-state index < -0.39 is 0 Å². The lowest BCUT2D eigenvalue weighted by Crippen LogP contribution is -2.11. The Morgan fingerprint density at radius 1 is 1.38 bits per heavy atom. The third-order valence-corrected chi connectivity index (χ3v) is 3.94. The van der Waals surface area contributed by atoms with E-state index in [2.05, 4.69) is 20.1 Å². The van der Waals surface area contributed by atoms with Crippen LogP contribution in [0.3, 0.4) is 0 Å². The van der Waals surface area contributed by atoms with Crippen LogP contribution in [0.25, 0.3) is 0 Å². The van der Waals surface area contributed by atoms with E-state index in [0.717, 1.165) is 10.9 Å². The van der Waals surface area contributed by atoms with Gasteiger partial charge in [-0.3, -0.25) is 0 Å². The summed E-state index contributed by atoms with van der Waals surface area (Å²) >= 11 is 0. The summed E-state index contributed by atoms with van der Waals surface area (Å²) in [5.74, 6) is 2.94. The van der Waals surface area contributed by atoms with Gasteiger partial charge in [0.2, 0.25) is 0 Å². The Morgan fingerprint density at radius 3 is 2.12 bits per heavy atom. The summed E-state index contributed by atoms with van der Waals surface area (Å²) in [5.41, 5.74) is 0.678. The second kappa shape index (κ2) is 1.94. The summed E-state index contributed by atoms with van der Waals surface area (Å²) in [6.45, 7) is 4.76. The van der Waals surface area contributed by atoms with E-state index in [1.165, 1.54) is 17.9 Å². The molecule has 0 N–H and O–H groups in total. The smallest absolute Gasteiger partial charge is 0.0552 e. The van der Waals surface area contributed by atoms with Crippen molar-refractivity contribution >= 4 is 10.9 Å². The van der Waals surface area contributed by atoms with Crippen LogP contribution in [-0.2, 0) is 10.9 Å². The Bertz CT molecular complexity index is 86.4. The maximum absolute atomic E-state index is 2.38. The molecule has 1 unspecified atom stereocenters. The average molecular weight is 131 g/mol. The minimum absolute atomic E-state index is 0.678. The summed E-state index contributed by atoms with van der Waals surface area (Å²) in [7, 11) is 0.758. The lowest BCUT2D eigenvalue weighted by Gasteiger charge is -2.09. The second-order valence-electron chi connectivity index (χ2n) is 3.54. The van der Waals surface area contributed by atoms with Crippen molar-refractivity contribution in [2.75, 3.05) is 17.8 Å². The van der Waals surface area contributed by atoms with Gasteiger partial charge in [0.05, 0.1) is 6.26 Å². The van der Waals surface area contributed by atoms with Gasteiger partial charge in [0.25, 0.3) is 0 Å². The van der Waals surface area contributed by atoms with Gasteiger partial charge < -0.3 is 0 Å². The van der Waals surface area contributed by atoms with Crippen LogP contribution in [0, 0.1) is 5.41 Å². The highest BCUT2D eigenvalue weighted by Gasteiger charge is 2.35. The first-order valence-corrected chi connectivity index (χ1v) is 5.16. The number of hydrogen-bond donors (Lipinski definition) is 0. The largest absolute Gasteiger partial charge is 0.113 e. The Balaban J connectivity index is 2.44. The summed E-state index contributed by atoms with van der Waals surface area (Å²) in [4.78, 5) is 0. The average Bonchev–Trinajstić information content (AvgIpc) is 1.82. The molecular formula is C7H15S+. The van der Waals surface area contributed by atoms with E-state index in [1.54, 1.807) is 0 Å². The van der Waals surface area contributed by atoms with E-state index in [1.807, 2.05) is 0 Å². The van der Waals surface area contributed by atoms with Crippen molar-refractivity contribution in [2.24, 2.45) is 5.41 Å². The molecule has 1 aliphatic rings. The zero-order chi connectivity index (χ0) is 6.20. The van der Waals surface area contributed by atoms with Crippen molar-refractivity contribution < 1.29 is 0 Å². The molecule has 48 valence electrons. The molecule has 1 aliphatic heterocycles. The first-order valence-electron chi connectivity index (χ1n) is 3.19. The van der Waals surface area contributed by atoms with Gasteiger partial charge in [0.1, 0.15) is 11.5 Å². The zero-order valence-corrected chi connectivity index (χ0v) is 6.85. The standard InChI is InChI=1S/C7H15S/c1-7(2)4-5-8(3)6-7/h4-6H2,1-3H3/q+1. The molecule has 1 fully saturated rings. The molecule has 0 saturated carbocycles. The van der Waals surface area contributed by atoms with Crippen LogP contribution in [0.4, 0.5) is 0 Å². The van der Waals surface area contributed by atoms with Gasteiger partial charge in [-0.05, 0) is 10.9 Å². The molecule has 0 aromatic carbocycles. The van der Waals surface area contributed by atoms with Gasteiger partial charge >= 0.3 is 0 Å². The van der Waals surface area contributed by atoms with Crippen molar-refractivity contribution in [1.82, 2.24) is 0 Å². The van der Waals surface area contributed by atoms with Gasteiger partial charge in [-0.2, -0.15) is 0 Å². The summed E-state index contributed by atoms with van der Waals surface area (Å²) in [6, 6.07) is 0. The van der Waals surface area contributed by atoms with Crippen molar-refractivity contribution in [3.05, 3.63) is 0 Å². The minimum atomic E-state index is 0.678. The molecule has 8 heavy (non-hydrogen) atoms. The molecule has 0 aromatic rings. The second-order valence-corrected chi connectivity index (χ2v) is 5.80. The molecule has 0 radical (unpaired) electrons. The number of rotatable bonds is 0.